The van der Waals surface area contributed by atoms with Gasteiger partial charge in [0.2, 0.25) is 0 Å². The molecule has 31 heavy (non-hydrogen) atoms. The molecular weight excluding hydrogens is 404 g/mol. The predicted octanol–water partition coefficient (Wildman–Crippen LogP) is 2.59. The minimum Gasteiger partial charge on any atom is -0.511 e. The molecule has 3 aliphatic rings. The van der Waals surface area contributed by atoms with Crippen LogP contribution in [0, 0.1) is 24.7 Å². The van der Waals surface area contributed by atoms with Crippen molar-refractivity contribution in [3.8, 4) is 5.75 Å². The number of rotatable bonds is 2. The first-order valence-electron chi connectivity index (χ1n) is 9.85. The van der Waals surface area contributed by atoms with Crippen LogP contribution in [-0.4, -0.2) is 43.9 Å². The maximum Gasteiger partial charge on any atom is 0.173 e. The van der Waals surface area contributed by atoms with Crippen LogP contribution in [-0.2, 0) is 20.8 Å². The highest BCUT2D eigenvalue weighted by Gasteiger charge is 2.50. The van der Waals surface area contributed by atoms with E-state index in [-0.39, 0.29) is 49.4 Å². The summed E-state index contributed by atoms with van der Waals surface area (Å²) >= 11 is 0. The highest BCUT2D eigenvalue weighted by Crippen LogP contribution is 2.51. The summed E-state index contributed by atoms with van der Waals surface area (Å²) in [6.07, 6.45) is 0.554. The minimum atomic E-state index is -1.07. The number of phenols is 1. The van der Waals surface area contributed by atoms with Gasteiger partial charge in [0.05, 0.1) is 17.1 Å². The van der Waals surface area contributed by atoms with Crippen LogP contribution in [0.3, 0.4) is 0 Å². The first-order chi connectivity index (χ1) is 14.0. The third kappa shape index (κ3) is 3.09. The van der Waals surface area contributed by atoms with Crippen molar-refractivity contribution in [2.45, 2.75) is 40.0 Å². The van der Waals surface area contributed by atoms with Gasteiger partial charge in [-0.25, -0.2) is 0 Å². The fourth-order valence-electron chi connectivity index (χ4n) is 5.27. The lowest BCUT2D eigenvalue weighted by atomic mass is 9.61. The molecule has 0 radical (unpaired) electrons. The molecule has 0 saturated heterocycles. The van der Waals surface area contributed by atoms with E-state index in [0.29, 0.717) is 23.1 Å². The summed E-state index contributed by atoms with van der Waals surface area (Å²) in [7, 11) is 0. The molecule has 0 heterocycles. The van der Waals surface area contributed by atoms with Crippen LogP contribution in [0.2, 0.25) is 0 Å². The third-order valence-corrected chi connectivity index (χ3v) is 6.56. The van der Waals surface area contributed by atoms with Crippen molar-refractivity contribution in [2.24, 2.45) is 17.8 Å². The maximum absolute atomic E-state index is 13.3. The Morgan fingerprint density at radius 1 is 1.06 bits per heavy atom. The quantitative estimate of drug-likeness (QED) is 0.478. The number of Topliss-reactive ketones (excluding diaryl/α,β-unsaturated/α-hetero) is 4. The lowest BCUT2D eigenvalue weighted by molar-refractivity contribution is -0.127. The SMILES string of the molecule is CC(=O)C1=C(O)C2C(=O)C3=C(O)c4c(O)c(C)cc(C(C)=O)c4CC3CC2CC1=O.O.[HH].[HH]. The van der Waals surface area contributed by atoms with Gasteiger partial charge in [-0.15, -0.1) is 0 Å². The van der Waals surface area contributed by atoms with E-state index in [1.54, 1.807) is 13.0 Å². The van der Waals surface area contributed by atoms with E-state index in [9.17, 15) is 34.5 Å². The van der Waals surface area contributed by atoms with Gasteiger partial charge in [-0.05, 0) is 62.6 Å². The average Bonchev–Trinajstić information content (AvgIpc) is 2.63. The molecule has 3 aliphatic carbocycles. The molecule has 0 spiro atoms. The van der Waals surface area contributed by atoms with E-state index in [0.717, 1.165) is 6.92 Å². The molecule has 168 valence electrons. The first kappa shape index (κ1) is 22.4. The maximum atomic E-state index is 13.3. The molecule has 0 aromatic heterocycles. The predicted molar refractivity (Wildman–Crippen MR) is 114 cm³/mol. The van der Waals surface area contributed by atoms with Crippen LogP contribution >= 0.6 is 0 Å². The molecule has 1 aromatic rings. The monoisotopic (exact) mass is 432 g/mol. The largest absolute Gasteiger partial charge is 0.511 e. The Morgan fingerprint density at radius 3 is 2.29 bits per heavy atom. The zero-order valence-corrected chi connectivity index (χ0v) is 17.4. The lowest BCUT2D eigenvalue weighted by Gasteiger charge is -2.41. The summed E-state index contributed by atoms with van der Waals surface area (Å²) in [6.45, 7) is 4.17. The zero-order chi connectivity index (χ0) is 22.1. The standard InChI is InChI=1S/C23H22O7.H2O.2H2/c1-8-4-13(9(2)24)14-6-11-5-12-7-15(26)16(10(3)25)21(28)18(12)22(29)17(11)23(30)19(14)20(8)27;;;/h4,11-12,18,27-28,30H,5-7H2,1-3H3;1H2;2*1H. The highest BCUT2D eigenvalue weighted by molar-refractivity contribution is 6.22. The van der Waals surface area contributed by atoms with Gasteiger partial charge >= 0.3 is 0 Å². The van der Waals surface area contributed by atoms with Crippen LogP contribution in [0.5, 0.6) is 5.75 Å². The Morgan fingerprint density at radius 2 is 1.71 bits per heavy atom. The summed E-state index contributed by atoms with van der Waals surface area (Å²) < 4.78 is 0. The van der Waals surface area contributed by atoms with Crippen molar-refractivity contribution in [3.05, 3.63) is 45.2 Å². The third-order valence-electron chi connectivity index (χ3n) is 6.56. The van der Waals surface area contributed by atoms with E-state index in [1.807, 2.05) is 0 Å². The van der Waals surface area contributed by atoms with E-state index < -0.39 is 46.6 Å². The fourth-order valence-corrected chi connectivity index (χ4v) is 5.27. The Balaban J connectivity index is 0.00000181. The number of fused-ring (bicyclic) bond motifs is 3. The number of allylic oxidation sites excluding steroid dienone is 3. The molecule has 0 amide bonds. The van der Waals surface area contributed by atoms with Crippen molar-refractivity contribution in [2.75, 3.05) is 0 Å². The van der Waals surface area contributed by atoms with E-state index >= 15 is 0 Å². The molecule has 4 rings (SSSR count). The minimum absolute atomic E-state index is 0. The van der Waals surface area contributed by atoms with Crippen LogP contribution in [0.1, 0.15) is 56.6 Å². The zero-order valence-electron chi connectivity index (χ0n) is 17.4. The molecule has 0 bridgehead atoms. The number of aliphatic hydroxyl groups is 2. The molecule has 0 aliphatic heterocycles. The van der Waals surface area contributed by atoms with Gasteiger partial charge in [-0.3, -0.25) is 19.2 Å². The normalized spacial score (nSPS) is 24.8. The van der Waals surface area contributed by atoms with Gasteiger partial charge < -0.3 is 20.8 Å². The number of aliphatic hydroxyl groups excluding tert-OH is 2. The molecule has 3 unspecified atom stereocenters. The lowest BCUT2D eigenvalue weighted by Crippen LogP contribution is -2.43. The molecule has 8 heteroatoms. The van der Waals surface area contributed by atoms with Crippen LogP contribution < -0.4 is 0 Å². The van der Waals surface area contributed by atoms with Crippen LogP contribution in [0.4, 0.5) is 0 Å². The van der Waals surface area contributed by atoms with Gasteiger partial charge in [0.15, 0.2) is 23.1 Å². The summed E-state index contributed by atoms with van der Waals surface area (Å²) in [5.41, 5.74) is 1.05. The molecule has 1 fully saturated rings. The molecule has 1 aromatic carbocycles. The topological polar surface area (TPSA) is 160 Å². The molecule has 5 N–H and O–H groups in total. The second-order valence-corrected chi connectivity index (χ2v) is 8.44. The second kappa shape index (κ2) is 7.46. The number of carbonyl (C=O) groups excluding carboxylic acids is 4. The number of phenolic OH excluding ortho intramolecular Hbond substituents is 1. The number of aromatic hydroxyl groups is 1. The first-order valence-corrected chi connectivity index (χ1v) is 9.85. The van der Waals surface area contributed by atoms with Crippen LogP contribution in [0.15, 0.2) is 23.0 Å². The number of ketones is 4. The van der Waals surface area contributed by atoms with Crippen molar-refractivity contribution in [1.29, 1.82) is 0 Å². The number of carbonyl (C=O) groups is 4. The summed E-state index contributed by atoms with van der Waals surface area (Å²) in [5.74, 6) is -5.00. The van der Waals surface area contributed by atoms with Gasteiger partial charge in [0, 0.05) is 20.4 Å². The number of benzene rings is 1. The molecular formula is C23H28O8. The Labute approximate surface area is 181 Å². The van der Waals surface area contributed by atoms with Crippen molar-refractivity contribution in [3.63, 3.8) is 0 Å². The van der Waals surface area contributed by atoms with Gasteiger partial charge in [-0.1, -0.05) is 0 Å². The molecule has 8 nitrogen and oxygen atoms in total. The van der Waals surface area contributed by atoms with Crippen molar-refractivity contribution < 1.29 is 42.8 Å². The highest BCUT2D eigenvalue weighted by atomic mass is 16.3. The van der Waals surface area contributed by atoms with Crippen molar-refractivity contribution in [1.82, 2.24) is 0 Å². The Kier molecular flexibility index (Phi) is 5.40. The van der Waals surface area contributed by atoms with E-state index in [2.05, 4.69) is 0 Å². The van der Waals surface area contributed by atoms with Gasteiger partial charge in [0.1, 0.15) is 17.3 Å². The second-order valence-electron chi connectivity index (χ2n) is 8.44. The number of hydrogen-bond donors (Lipinski definition) is 3. The van der Waals surface area contributed by atoms with E-state index in [4.69, 9.17) is 0 Å². The Hall–Kier alpha value is -3.26. The van der Waals surface area contributed by atoms with Gasteiger partial charge in [-0.2, -0.15) is 0 Å². The molecule has 3 atom stereocenters. The number of aryl methyl sites for hydroxylation is 1. The van der Waals surface area contributed by atoms with Gasteiger partial charge in [0.25, 0.3) is 0 Å². The van der Waals surface area contributed by atoms with E-state index in [1.165, 1.54) is 6.92 Å². The molecule has 1 saturated carbocycles. The number of hydrogen-bond acceptors (Lipinski definition) is 7. The smallest absolute Gasteiger partial charge is 0.173 e. The van der Waals surface area contributed by atoms with Crippen molar-refractivity contribution >= 4 is 28.9 Å². The van der Waals surface area contributed by atoms with Crippen LogP contribution in [0.25, 0.3) is 5.76 Å². The Bertz CT molecular complexity index is 1130. The average molecular weight is 432 g/mol. The summed E-state index contributed by atoms with van der Waals surface area (Å²) in [6, 6.07) is 1.57. The fraction of sp³-hybridized carbons (Fsp3) is 0.391. The summed E-state index contributed by atoms with van der Waals surface area (Å²) in [4.78, 5) is 49.7. The summed E-state index contributed by atoms with van der Waals surface area (Å²) in [5, 5.41) is 32.1.